The number of carbonyl (C=O) groups excluding carboxylic acids is 1. The van der Waals surface area contributed by atoms with Gasteiger partial charge in [0.15, 0.2) is 0 Å². The van der Waals surface area contributed by atoms with Gasteiger partial charge in [-0.05, 0) is 24.3 Å². The minimum atomic E-state index is -4.59. The lowest BCUT2D eigenvalue weighted by Crippen LogP contribution is -2.16. The number of hydrogen-bond acceptors (Lipinski definition) is 3. The van der Waals surface area contributed by atoms with E-state index in [1.807, 2.05) is 0 Å². The number of halogens is 3. The Bertz CT molecular complexity index is 611. The highest BCUT2D eigenvalue weighted by molar-refractivity contribution is 5.98. The highest BCUT2D eigenvalue weighted by Gasteiger charge is 2.33. The normalized spacial score (nSPS) is 11.3. The molecule has 0 fully saturated rings. The van der Waals surface area contributed by atoms with Gasteiger partial charge in [0, 0.05) is 18.0 Å². The standard InChI is InChI=1S/C12H8F3N3O/c13-12(14,15)9-2-1-8(11(16)19)10(18-9)7-3-5-17-6-4-7/h1-6H,(H2,16,19). The molecule has 0 radical (unpaired) electrons. The average Bonchev–Trinajstić information content (AvgIpc) is 2.38. The summed E-state index contributed by atoms with van der Waals surface area (Å²) in [6.07, 6.45) is -1.80. The van der Waals surface area contributed by atoms with E-state index in [0.717, 1.165) is 12.1 Å². The third-order valence-corrected chi connectivity index (χ3v) is 2.40. The summed E-state index contributed by atoms with van der Waals surface area (Å²) in [5.74, 6) is -0.840. The number of rotatable bonds is 2. The molecule has 0 bridgehead atoms. The Morgan fingerprint density at radius 2 is 1.74 bits per heavy atom. The van der Waals surface area contributed by atoms with Gasteiger partial charge in [0.2, 0.25) is 0 Å². The van der Waals surface area contributed by atoms with Crippen LogP contribution in [0, 0.1) is 0 Å². The van der Waals surface area contributed by atoms with E-state index >= 15 is 0 Å². The molecule has 0 saturated carbocycles. The van der Waals surface area contributed by atoms with Crippen molar-refractivity contribution in [2.75, 3.05) is 0 Å². The summed E-state index contributed by atoms with van der Waals surface area (Å²) in [4.78, 5) is 18.5. The van der Waals surface area contributed by atoms with Gasteiger partial charge in [0.1, 0.15) is 5.69 Å². The van der Waals surface area contributed by atoms with Crippen molar-refractivity contribution in [1.82, 2.24) is 9.97 Å². The molecule has 19 heavy (non-hydrogen) atoms. The molecule has 2 heterocycles. The lowest BCUT2D eigenvalue weighted by Gasteiger charge is -2.10. The summed E-state index contributed by atoms with van der Waals surface area (Å²) in [5.41, 5.74) is 4.22. The molecule has 2 rings (SSSR count). The highest BCUT2D eigenvalue weighted by atomic mass is 19.4. The van der Waals surface area contributed by atoms with Gasteiger partial charge in [-0.25, -0.2) is 4.98 Å². The van der Waals surface area contributed by atoms with Crippen LogP contribution >= 0.6 is 0 Å². The lowest BCUT2D eigenvalue weighted by molar-refractivity contribution is -0.141. The molecule has 2 aromatic heterocycles. The third-order valence-electron chi connectivity index (χ3n) is 2.40. The Morgan fingerprint density at radius 1 is 1.11 bits per heavy atom. The summed E-state index contributed by atoms with van der Waals surface area (Å²) in [5, 5.41) is 0. The summed E-state index contributed by atoms with van der Waals surface area (Å²) in [6, 6.07) is 4.66. The van der Waals surface area contributed by atoms with Gasteiger partial charge in [-0.2, -0.15) is 13.2 Å². The Morgan fingerprint density at radius 3 is 2.26 bits per heavy atom. The molecule has 1 amide bonds. The molecule has 0 aromatic carbocycles. The van der Waals surface area contributed by atoms with Gasteiger partial charge in [0.25, 0.3) is 5.91 Å². The predicted molar refractivity (Wildman–Crippen MR) is 61.0 cm³/mol. The molecule has 0 unspecified atom stereocenters. The van der Waals surface area contributed by atoms with E-state index in [4.69, 9.17) is 5.73 Å². The topological polar surface area (TPSA) is 68.9 Å². The number of alkyl halides is 3. The number of nitrogens with zero attached hydrogens (tertiary/aromatic N) is 2. The lowest BCUT2D eigenvalue weighted by atomic mass is 10.1. The molecule has 7 heteroatoms. The van der Waals surface area contributed by atoms with E-state index < -0.39 is 17.8 Å². The van der Waals surface area contributed by atoms with E-state index in [9.17, 15) is 18.0 Å². The van der Waals surface area contributed by atoms with E-state index in [1.165, 1.54) is 24.5 Å². The summed E-state index contributed by atoms with van der Waals surface area (Å²) in [6.45, 7) is 0. The number of carbonyl (C=O) groups is 1. The highest BCUT2D eigenvalue weighted by Crippen LogP contribution is 2.30. The molecule has 2 aromatic rings. The van der Waals surface area contributed by atoms with Crippen molar-refractivity contribution >= 4 is 5.91 Å². The fourth-order valence-corrected chi connectivity index (χ4v) is 1.55. The van der Waals surface area contributed by atoms with Crippen molar-refractivity contribution in [2.24, 2.45) is 5.73 Å². The van der Waals surface area contributed by atoms with Crippen LogP contribution in [0.25, 0.3) is 11.3 Å². The van der Waals surface area contributed by atoms with E-state index in [-0.39, 0.29) is 11.3 Å². The Hall–Kier alpha value is -2.44. The number of amides is 1. The Kier molecular flexibility index (Phi) is 3.20. The molecule has 0 aliphatic heterocycles. The van der Waals surface area contributed by atoms with Gasteiger partial charge < -0.3 is 5.73 Å². The molecule has 0 spiro atoms. The van der Waals surface area contributed by atoms with Crippen molar-refractivity contribution < 1.29 is 18.0 Å². The van der Waals surface area contributed by atoms with Crippen molar-refractivity contribution in [3.05, 3.63) is 47.9 Å². The van der Waals surface area contributed by atoms with Crippen molar-refractivity contribution in [1.29, 1.82) is 0 Å². The molecule has 0 aliphatic carbocycles. The van der Waals surface area contributed by atoms with E-state index in [0.29, 0.717) is 5.56 Å². The van der Waals surface area contributed by atoms with Crippen LogP contribution < -0.4 is 5.73 Å². The second-order valence-corrected chi connectivity index (χ2v) is 3.69. The Balaban J connectivity index is 2.65. The monoisotopic (exact) mass is 267 g/mol. The quantitative estimate of drug-likeness (QED) is 0.907. The van der Waals surface area contributed by atoms with Crippen molar-refractivity contribution in [3.8, 4) is 11.3 Å². The molecule has 0 aliphatic rings. The Labute approximate surface area is 106 Å². The minimum absolute atomic E-state index is 0.0702. The number of aromatic nitrogens is 2. The summed E-state index contributed by atoms with van der Waals surface area (Å²) >= 11 is 0. The van der Waals surface area contributed by atoms with E-state index in [1.54, 1.807) is 0 Å². The first-order valence-electron chi connectivity index (χ1n) is 5.18. The van der Waals surface area contributed by atoms with Crippen LogP contribution in [0.1, 0.15) is 16.1 Å². The maximum Gasteiger partial charge on any atom is 0.433 e. The molecule has 0 saturated heterocycles. The smallest absolute Gasteiger partial charge is 0.366 e. The first kappa shape index (κ1) is 13.0. The van der Waals surface area contributed by atoms with Crippen molar-refractivity contribution in [3.63, 3.8) is 0 Å². The van der Waals surface area contributed by atoms with Crippen LogP contribution in [-0.2, 0) is 6.18 Å². The minimum Gasteiger partial charge on any atom is -0.366 e. The first-order chi connectivity index (χ1) is 8.89. The molecule has 2 N–H and O–H groups in total. The average molecular weight is 267 g/mol. The van der Waals surface area contributed by atoms with Gasteiger partial charge in [-0.3, -0.25) is 9.78 Å². The predicted octanol–water partition coefficient (Wildman–Crippen LogP) is 2.26. The van der Waals surface area contributed by atoms with Crippen LogP contribution in [0.5, 0.6) is 0 Å². The number of primary amides is 1. The van der Waals surface area contributed by atoms with Crippen LogP contribution in [0.15, 0.2) is 36.7 Å². The van der Waals surface area contributed by atoms with Gasteiger partial charge >= 0.3 is 6.18 Å². The second-order valence-electron chi connectivity index (χ2n) is 3.69. The molecular weight excluding hydrogens is 259 g/mol. The first-order valence-corrected chi connectivity index (χ1v) is 5.18. The maximum absolute atomic E-state index is 12.6. The summed E-state index contributed by atoms with van der Waals surface area (Å²) in [7, 11) is 0. The second kappa shape index (κ2) is 4.68. The van der Waals surface area contributed by atoms with Gasteiger partial charge in [-0.1, -0.05) is 0 Å². The molecule has 98 valence electrons. The van der Waals surface area contributed by atoms with Crippen LogP contribution in [0.4, 0.5) is 13.2 Å². The number of pyridine rings is 2. The summed E-state index contributed by atoms with van der Waals surface area (Å²) < 4.78 is 37.9. The zero-order valence-corrected chi connectivity index (χ0v) is 9.48. The zero-order chi connectivity index (χ0) is 14.0. The molecule has 4 nitrogen and oxygen atoms in total. The zero-order valence-electron chi connectivity index (χ0n) is 9.48. The van der Waals surface area contributed by atoms with Crippen LogP contribution in [0.2, 0.25) is 0 Å². The van der Waals surface area contributed by atoms with Crippen LogP contribution in [-0.4, -0.2) is 15.9 Å². The van der Waals surface area contributed by atoms with Gasteiger partial charge in [-0.15, -0.1) is 0 Å². The van der Waals surface area contributed by atoms with Crippen molar-refractivity contribution in [2.45, 2.75) is 6.18 Å². The fourth-order valence-electron chi connectivity index (χ4n) is 1.55. The SMILES string of the molecule is NC(=O)c1ccc(C(F)(F)F)nc1-c1ccncc1. The number of hydrogen-bond donors (Lipinski definition) is 1. The maximum atomic E-state index is 12.6. The molecule has 0 atom stereocenters. The van der Waals surface area contributed by atoms with Crippen LogP contribution in [0.3, 0.4) is 0 Å². The molecular formula is C12H8F3N3O. The number of nitrogens with two attached hydrogens (primary N) is 1. The largest absolute Gasteiger partial charge is 0.433 e. The van der Waals surface area contributed by atoms with E-state index in [2.05, 4.69) is 9.97 Å². The van der Waals surface area contributed by atoms with Gasteiger partial charge in [0.05, 0.1) is 11.3 Å². The third kappa shape index (κ3) is 2.70. The fraction of sp³-hybridized carbons (Fsp3) is 0.0833.